The van der Waals surface area contributed by atoms with Gasteiger partial charge in [0.25, 0.3) is 0 Å². The standard InChI is InChI=1S/C14H17N5O2/c1-9(2)10-6-4-5-7-11(10)17-13-12(19(20)21)8-16-14(15-3)18-13/h4-9H,1-3H3,(H2,15,16,17,18). The van der Waals surface area contributed by atoms with Crippen molar-refractivity contribution in [2.75, 3.05) is 17.7 Å². The fourth-order valence-corrected chi connectivity index (χ4v) is 1.96. The molecule has 0 atom stereocenters. The van der Waals surface area contributed by atoms with Gasteiger partial charge in [0.1, 0.15) is 6.20 Å². The first-order valence-corrected chi connectivity index (χ1v) is 6.58. The number of hydrogen-bond acceptors (Lipinski definition) is 6. The van der Waals surface area contributed by atoms with E-state index in [1.807, 2.05) is 24.3 Å². The summed E-state index contributed by atoms with van der Waals surface area (Å²) < 4.78 is 0. The SMILES string of the molecule is CNc1ncc([N+](=O)[O-])c(Nc2ccccc2C(C)C)n1. The van der Waals surface area contributed by atoms with Crippen molar-refractivity contribution >= 4 is 23.1 Å². The number of hydrogen-bond donors (Lipinski definition) is 2. The summed E-state index contributed by atoms with van der Waals surface area (Å²) in [4.78, 5) is 18.6. The first-order chi connectivity index (χ1) is 10.0. The minimum atomic E-state index is -0.500. The van der Waals surface area contributed by atoms with Gasteiger partial charge in [0.2, 0.25) is 11.8 Å². The second-order valence-corrected chi connectivity index (χ2v) is 4.80. The molecular weight excluding hydrogens is 270 g/mol. The summed E-state index contributed by atoms with van der Waals surface area (Å²) in [6.45, 7) is 4.13. The van der Waals surface area contributed by atoms with Crippen LogP contribution in [0.15, 0.2) is 30.5 Å². The predicted octanol–water partition coefficient (Wildman–Crippen LogP) is 3.29. The summed E-state index contributed by atoms with van der Waals surface area (Å²) in [7, 11) is 1.66. The number of benzene rings is 1. The molecule has 1 aromatic heterocycles. The lowest BCUT2D eigenvalue weighted by atomic mass is 10.0. The van der Waals surface area contributed by atoms with E-state index in [1.165, 1.54) is 6.20 Å². The maximum atomic E-state index is 11.1. The van der Waals surface area contributed by atoms with Gasteiger partial charge >= 0.3 is 5.69 Å². The normalized spacial score (nSPS) is 10.5. The number of para-hydroxylation sites is 1. The lowest BCUT2D eigenvalue weighted by Crippen LogP contribution is -2.06. The highest BCUT2D eigenvalue weighted by atomic mass is 16.6. The number of anilines is 3. The Morgan fingerprint density at radius 3 is 2.62 bits per heavy atom. The molecule has 2 aromatic rings. The van der Waals surface area contributed by atoms with Crippen LogP contribution in [0.4, 0.5) is 23.1 Å². The van der Waals surface area contributed by atoms with Gasteiger partial charge in [-0.3, -0.25) is 10.1 Å². The van der Waals surface area contributed by atoms with E-state index in [2.05, 4.69) is 34.4 Å². The van der Waals surface area contributed by atoms with Gasteiger partial charge in [-0.15, -0.1) is 0 Å². The second-order valence-electron chi connectivity index (χ2n) is 4.80. The first kappa shape index (κ1) is 14.7. The van der Waals surface area contributed by atoms with Gasteiger partial charge in [-0.2, -0.15) is 4.98 Å². The minimum Gasteiger partial charge on any atom is -0.357 e. The summed E-state index contributed by atoms with van der Waals surface area (Å²) in [6.07, 6.45) is 1.19. The van der Waals surface area contributed by atoms with Gasteiger partial charge in [0, 0.05) is 12.7 Å². The van der Waals surface area contributed by atoms with E-state index < -0.39 is 4.92 Å². The van der Waals surface area contributed by atoms with Gasteiger partial charge in [-0.05, 0) is 17.5 Å². The molecule has 0 saturated heterocycles. The molecule has 0 fully saturated rings. The molecule has 110 valence electrons. The Labute approximate surface area is 122 Å². The number of aromatic nitrogens is 2. The molecule has 0 saturated carbocycles. The average molecular weight is 287 g/mol. The van der Waals surface area contributed by atoms with Crippen LogP contribution in [-0.4, -0.2) is 21.9 Å². The first-order valence-electron chi connectivity index (χ1n) is 6.58. The van der Waals surface area contributed by atoms with Crippen LogP contribution >= 0.6 is 0 Å². The molecule has 0 bridgehead atoms. The Bertz CT molecular complexity index is 658. The molecule has 0 aliphatic rings. The molecule has 0 aliphatic heterocycles. The second kappa shape index (κ2) is 6.17. The van der Waals surface area contributed by atoms with E-state index in [0.717, 1.165) is 11.3 Å². The highest BCUT2D eigenvalue weighted by molar-refractivity contribution is 5.68. The predicted molar refractivity (Wildman–Crippen MR) is 82.0 cm³/mol. The van der Waals surface area contributed by atoms with E-state index >= 15 is 0 Å². The smallest absolute Gasteiger partial charge is 0.329 e. The van der Waals surface area contributed by atoms with Crippen molar-refractivity contribution in [2.24, 2.45) is 0 Å². The lowest BCUT2D eigenvalue weighted by molar-refractivity contribution is -0.384. The van der Waals surface area contributed by atoms with Gasteiger partial charge < -0.3 is 10.6 Å². The molecule has 1 aromatic carbocycles. The monoisotopic (exact) mass is 287 g/mol. The zero-order chi connectivity index (χ0) is 15.4. The van der Waals surface area contributed by atoms with Crippen molar-refractivity contribution in [1.82, 2.24) is 9.97 Å². The molecule has 0 radical (unpaired) electrons. The maximum absolute atomic E-state index is 11.1. The molecule has 0 amide bonds. The number of nitrogens with one attached hydrogen (secondary N) is 2. The van der Waals surface area contributed by atoms with Gasteiger partial charge in [-0.1, -0.05) is 32.0 Å². The van der Waals surface area contributed by atoms with Crippen molar-refractivity contribution in [1.29, 1.82) is 0 Å². The highest BCUT2D eigenvalue weighted by Crippen LogP contribution is 2.30. The lowest BCUT2D eigenvalue weighted by Gasteiger charge is -2.14. The van der Waals surface area contributed by atoms with Crippen LogP contribution in [0.5, 0.6) is 0 Å². The van der Waals surface area contributed by atoms with Crippen molar-refractivity contribution in [3.63, 3.8) is 0 Å². The Kier molecular flexibility index (Phi) is 4.32. The topological polar surface area (TPSA) is 93.0 Å². The molecule has 0 unspecified atom stereocenters. The van der Waals surface area contributed by atoms with Crippen molar-refractivity contribution in [2.45, 2.75) is 19.8 Å². The Morgan fingerprint density at radius 1 is 1.29 bits per heavy atom. The van der Waals surface area contributed by atoms with E-state index in [1.54, 1.807) is 7.05 Å². The summed E-state index contributed by atoms with van der Waals surface area (Å²) >= 11 is 0. The molecule has 0 spiro atoms. The summed E-state index contributed by atoms with van der Waals surface area (Å²) in [5.41, 5.74) is 1.71. The van der Waals surface area contributed by atoms with Crippen LogP contribution in [0.1, 0.15) is 25.3 Å². The molecular formula is C14H17N5O2. The zero-order valence-electron chi connectivity index (χ0n) is 12.1. The van der Waals surface area contributed by atoms with Crippen LogP contribution < -0.4 is 10.6 Å². The largest absolute Gasteiger partial charge is 0.357 e. The number of rotatable bonds is 5. The molecule has 7 nitrogen and oxygen atoms in total. The molecule has 1 heterocycles. The van der Waals surface area contributed by atoms with E-state index in [4.69, 9.17) is 0 Å². The summed E-state index contributed by atoms with van der Waals surface area (Å²) in [5.74, 6) is 0.788. The van der Waals surface area contributed by atoms with Gasteiger partial charge in [0.15, 0.2) is 0 Å². The number of nitrogens with zero attached hydrogens (tertiary/aromatic N) is 3. The Morgan fingerprint density at radius 2 is 2.00 bits per heavy atom. The molecule has 2 rings (SSSR count). The van der Waals surface area contributed by atoms with Crippen LogP contribution in [0.25, 0.3) is 0 Å². The van der Waals surface area contributed by atoms with Crippen LogP contribution in [-0.2, 0) is 0 Å². The third kappa shape index (κ3) is 3.25. The maximum Gasteiger partial charge on any atom is 0.329 e. The minimum absolute atomic E-state index is 0.160. The average Bonchev–Trinajstić information content (AvgIpc) is 2.47. The quantitative estimate of drug-likeness (QED) is 0.647. The summed E-state index contributed by atoms with van der Waals surface area (Å²) in [6, 6.07) is 7.67. The molecule has 7 heteroatoms. The third-order valence-corrected chi connectivity index (χ3v) is 3.03. The van der Waals surface area contributed by atoms with Crippen molar-refractivity contribution in [3.05, 3.63) is 46.1 Å². The van der Waals surface area contributed by atoms with Crippen LogP contribution in [0, 0.1) is 10.1 Å². The number of nitro groups is 1. The van der Waals surface area contributed by atoms with Crippen molar-refractivity contribution in [3.8, 4) is 0 Å². The molecule has 0 aliphatic carbocycles. The van der Waals surface area contributed by atoms with E-state index in [-0.39, 0.29) is 11.5 Å². The van der Waals surface area contributed by atoms with Crippen LogP contribution in [0.2, 0.25) is 0 Å². The summed E-state index contributed by atoms with van der Waals surface area (Å²) in [5, 5.41) is 16.9. The fourth-order valence-electron chi connectivity index (χ4n) is 1.96. The highest BCUT2D eigenvalue weighted by Gasteiger charge is 2.18. The molecule has 2 N–H and O–H groups in total. The van der Waals surface area contributed by atoms with E-state index in [0.29, 0.717) is 11.9 Å². The van der Waals surface area contributed by atoms with Gasteiger partial charge in [-0.25, -0.2) is 4.98 Å². The Hall–Kier alpha value is -2.70. The fraction of sp³-hybridized carbons (Fsp3) is 0.286. The van der Waals surface area contributed by atoms with E-state index in [9.17, 15) is 10.1 Å². The van der Waals surface area contributed by atoms with Crippen LogP contribution in [0.3, 0.4) is 0 Å². The Balaban J connectivity index is 2.45. The molecule has 21 heavy (non-hydrogen) atoms. The zero-order valence-corrected chi connectivity index (χ0v) is 12.1. The third-order valence-electron chi connectivity index (χ3n) is 3.03. The van der Waals surface area contributed by atoms with Gasteiger partial charge in [0.05, 0.1) is 4.92 Å². The van der Waals surface area contributed by atoms with Crippen molar-refractivity contribution < 1.29 is 4.92 Å².